The normalized spacial score (nSPS) is 11.6. The quantitative estimate of drug-likeness (QED) is 0.929. The molecule has 100 valence electrons. The molecule has 2 rings (SSSR count). The lowest BCUT2D eigenvalue weighted by atomic mass is 10.1. The summed E-state index contributed by atoms with van der Waals surface area (Å²) < 4.78 is 37.3. The third-order valence-electron chi connectivity index (χ3n) is 2.54. The van der Waals surface area contributed by atoms with E-state index in [0.29, 0.717) is 17.9 Å². The molecule has 19 heavy (non-hydrogen) atoms. The van der Waals surface area contributed by atoms with Gasteiger partial charge in [0.2, 0.25) is 0 Å². The minimum Gasteiger partial charge on any atom is -0.314 e. The first-order chi connectivity index (χ1) is 9.00. The second-order valence-electron chi connectivity index (χ2n) is 3.98. The van der Waals surface area contributed by atoms with Crippen molar-refractivity contribution < 1.29 is 13.2 Å². The fourth-order valence-corrected chi connectivity index (χ4v) is 1.62. The van der Waals surface area contributed by atoms with E-state index in [1.54, 1.807) is 19.3 Å². The maximum Gasteiger partial charge on any atom is 0.416 e. The van der Waals surface area contributed by atoms with Crippen LogP contribution in [0.5, 0.6) is 0 Å². The second kappa shape index (κ2) is 5.36. The largest absolute Gasteiger partial charge is 0.416 e. The molecule has 0 aliphatic carbocycles. The number of hydrogen-bond acceptors (Lipinski definition) is 3. The van der Waals surface area contributed by atoms with Crippen molar-refractivity contribution in [2.45, 2.75) is 12.7 Å². The Labute approximate surface area is 108 Å². The van der Waals surface area contributed by atoms with E-state index in [2.05, 4.69) is 15.3 Å². The molecule has 0 fully saturated rings. The first-order valence-electron chi connectivity index (χ1n) is 5.65. The van der Waals surface area contributed by atoms with Crippen LogP contribution in [0.4, 0.5) is 13.2 Å². The number of benzene rings is 1. The Bertz CT molecular complexity index is 550. The minimum absolute atomic E-state index is 0.418. The van der Waals surface area contributed by atoms with Gasteiger partial charge in [0, 0.05) is 18.3 Å². The summed E-state index contributed by atoms with van der Waals surface area (Å²) in [7, 11) is 1.79. The van der Waals surface area contributed by atoms with Crippen molar-refractivity contribution in [1.29, 1.82) is 0 Å². The molecule has 0 bridgehead atoms. The van der Waals surface area contributed by atoms with Gasteiger partial charge in [-0.05, 0) is 25.2 Å². The van der Waals surface area contributed by atoms with Crippen molar-refractivity contribution >= 4 is 0 Å². The van der Waals surface area contributed by atoms with Crippen molar-refractivity contribution in [2.75, 3.05) is 7.05 Å². The van der Waals surface area contributed by atoms with Crippen LogP contribution in [0.15, 0.2) is 36.5 Å². The summed E-state index contributed by atoms with van der Waals surface area (Å²) in [6, 6.07) is 6.57. The van der Waals surface area contributed by atoms with Crippen LogP contribution in [0.3, 0.4) is 0 Å². The van der Waals surface area contributed by atoms with Gasteiger partial charge in [-0.25, -0.2) is 9.97 Å². The molecular weight excluding hydrogens is 255 g/mol. The van der Waals surface area contributed by atoms with Crippen LogP contribution in [0.25, 0.3) is 11.4 Å². The van der Waals surface area contributed by atoms with Gasteiger partial charge in [0.05, 0.1) is 11.3 Å². The SMILES string of the molecule is CNCc1ccnc(-c2ccc(C(F)(F)F)cc2)n1. The zero-order valence-electron chi connectivity index (χ0n) is 10.2. The highest BCUT2D eigenvalue weighted by Gasteiger charge is 2.30. The number of rotatable bonds is 3. The van der Waals surface area contributed by atoms with Gasteiger partial charge in [0.1, 0.15) is 0 Å². The summed E-state index contributed by atoms with van der Waals surface area (Å²) in [4.78, 5) is 8.33. The molecule has 0 aliphatic rings. The lowest BCUT2D eigenvalue weighted by molar-refractivity contribution is -0.137. The molecule has 0 unspecified atom stereocenters. The van der Waals surface area contributed by atoms with Crippen molar-refractivity contribution in [1.82, 2.24) is 15.3 Å². The van der Waals surface area contributed by atoms with Crippen molar-refractivity contribution in [2.24, 2.45) is 0 Å². The molecule has 1 heterocycles. The fraction of sp³-hybridized carbons (Fsp3) is 0.231. The molecule has 6 heteroatoms. The average molecular weight is 267 g/mol. The van der Waals surface area contributed by atoms with E-state index in [1.165, 1.54) is 12.1 Å². The zero-order chi connectivity index (χ0) is 13.9. The van der Waals surface area contributed by atoms with Crippen LogP contribution in [-0.2, 0) is 12.7 Å². The standard InChI is InChI=1S/C13H12F3N3/c1-17-8-11-6-7-18-12(19-11)9-2-4-10(5-3-9)13(14,15)16/h2-7,17H,8H2,1H3. The second-order valence-corrected chi connectivity index (χ2v) is 3.98. The number of nitrogens with one attached hydrogen (secondary N) is 1. The molecule has 0 radical (unpaired) electrons. The van der Waals surface area contributed by atoms with Gasteiger partial charge in [-0.2, -0.15) is 13.2 Å². The van der Waals surface area contributed by atoms with E-state index in [9.17, 15) is 13.2 Å². The molecule has 0 saturated carbocycles. The van der Waals surface area contributed by atoms with Gasteiger partial charge >= 0.3 is 6.18 Å². The summed E-state index contributed by atoms with van der Waals surface area (Å²) in [6.45, 7) is 0.580. The molecule has 0 atom stereocenters. The highest BCUT2D eigenvalue weighted by molar-refractivity contribution is 5.55. The summed E-state index contributed by atoms with van der Waals surface area (Å²) in [6.07, 6.45) is -2.74. The predicted octanol–water partition coefficient (Wildman–Crippen LogP) is 2.88. The number of alkyl halides is 3. The lowest BCUT2D eigenvalue weighted by Gasteiger charge is -2.07. The molecule has 3 nitrogen and oxygen atoms in total. The van der Waals surface area contributed by atoms with Crippen molar-refractivity contribution in [3.05, 3.63) is 47.8 Å². The van der Waals surface area contributed by atoms with Gasteiger partial charge < -0.3 is 5.32 Å². The van der Waals surface area contributed by atoms with Crippen LogP contribution in [0, 0.1) is 0 Å². The Morgan fingerprint density at radius 2 is 1.79 bits per heavy atom. The van der Waals surface area contributed by atoms with Crippen LogP contribution in [0.2, 0.25) is 0 Å². The van der Waals surface area contributed by atoms with E-state index >= 15 is 0 Å². The highest BCUT2D eigenvalue weighted by atomic mass is 19.4. The summed E-state index contributed by atoms with van der Waals surface area (Å²) >= 11 is 0. The van der Waals surface area contributed by atoms with Gasteiger partial charge in [-0.15, -0.1) is 0 Å². The van der Waals surface area contributed by atoms with E-state index in [1.807, 2.05) is 0 Å². The molecule has 1 N–H and O–H groups in total. The van der Waals surface area contributed by atoms with Crippen LogP contribution in [0.1, 0.15) is 11.3 Å². The monoisotopic (exact) mass is 267 g/mol. The molecule has 1 aromatic heterocycles. The fourth-order valence-electron chi connectivity index (χ4n) is 1.62. The molecule has 0 spiro atoms. The molecule has 0 amide bonds. The van der Waals surface area contributed by atoms with E-state index in [4.69, 9.17) is 0 Å². The molecule has 1 aromatic carbocycles. The third kappa shape index (κ3) is 3.29. The Hall–Kier alpha value is -1.95. The van der Waals surface area contributed by atoms with Crippen LogP contribution < -0.4 is 5.32 Å². The van der Waals surface area contributed by atoms with Crippen LogP contribution in [-0.4, -0.2) is 17.0 Å². The Kier molecular flexibility index (Phi) is 3.80. The Balaban J connectivity index is 2.29. The lowest BCUT2D eigenvalue weighted by Crippen LogP contribution is -2.08. The number of halogens is 3. The summed E-state index contributed by atoms with van der Waals surface area (Å²) in [5, 5.41) is 2.95. The Morgan fingerprint density at radius 1 is 1.11 bits per heavy atom. The number of aromatic nitrogens is 2. The highest BCUT2D eigenvalue weighted by Crippen LogP contribution is 2.30. The Morgan fingerprint density at radius 3 is 2.37 bits per heavy atom. The van der Waals surface area contributed by atoms with E-state index in [-0.39, 0.29) is 0 Å². The van der Waals surface area contributed by atoms with Gasteiger partial charge in [0.25, 0.3) is 0 Å². The molecule has 0 saturated heterocycles. The first kappa shape index (κ1) is 13.5. The molecule has 2 aromatic rings. The third-order valence-corrected chi connectivity index (χ3v) is 2.54. The maximum atomic E-state index is 12.4. The van der Waals surface area contributed by atoms with Crippen molar-refractivity contribution in [3.63, 3.8) is 0 Å². The number of hydrogen-bond donors (Lipinski definition) is 1. The molecule has 0 aliphatic heterocycles. The van der Waals surface area contributed by atoms with Crippen molar-refractivity contribution in [3.8, 4) is 11.4 Å². The summed E-state index contributed by atoms with van der Waals surface area (Å²) in [5.74, 6) is 0.418. The molecular formula is C13H12F3N3. The van der Waals surface area contributed by atoms with E-state index < -0.39 is 11.7 Å². The zero-order valence-corrected chi connectivity index (χ0v) is 10.2. The average Bonchev–Trinajstić information content (AvgIpc) is 2.39. The number of nitrogens with zero attached hydrogens (tertiary/aromatic N) is 2. The van der Waals surface area contributed by atoms with Crippen LogP contribution >= 0.6 is 0 Å². The van der Waals surface area contributed by atoms with Gasteiger partial charge in [-0.3, -0.25) is 0 Å². The minimum atomic E-state index is -4.33. The maximum absolute atomic E-state index is 12.4. The predicted molar refractivity (Wildman–Crippen MR) is 65.2 cm³/mol. The summed E-state index contributed by atoms with van der Waals surface area (Å²) in [5.41, 5.74) is 0.668. The van der Waals surface area contributed by atoms with Gasteiger partial charge in [0.15, 0.2) is 5.82 Å². The first-order valence-corrected chi connectivity index (χ1v) is 5.65. The topological polar surface area (TPSA) is 37.8 Å². The van der Waals surface area contributed by atoms with E-state index in [0.717, 1.165) is 17.8 Å². The smallest absolute Gasteiger partial charge is 0.314 e. The van der Waals surface area contributed by atoms with Gasteiger partial charge in [-0.1, -0.05) is 12.1 Å².